The van der Waals surface area contributed by atoms with Crippen LogP contribution in [0.4, 0.5) is 11.6 Å². The smallest absolute Gasteiger partial charge is 0.274 e. The number of aromatic nitrogens is 3. The van der Waals surface area contributed by atoms with Crippen LogP contribution in [0.25, 0.3) is 0 Å². The third-order valence-electron chi connectivity index (χ3n) is 2.16. The second-order valence-corrected chi connectivity index (χ2v) is 3.78. The number of carbonyl (C=O) groups is 1. The summed E-state index contributed by atoms with van der Waals surface area (Å²) in [5.41, 5.74) is 8.01. The number of anilines is 2. The first-order chi connectivity index (χ1) is 8.04. The van der Waals surface area contributed by atoms with Crippen molar-refractivity contribution < 1.29 is 4.79 Å². The molecule has 0 atom stereocenters. The van der Waals surface area contributed by atoms with E-state index in [2.05, 4.69) is 20.3 Å². The number of hydrogen-bond donors (Lipinski definition) is 3. The lowest BCUT2D eigenvalue weighted by Gasteiger charge is -2.04. The van der Waals surface area contributed by atoms with Crippen LogP contribution in [0.15, 0.2) is 18.3 Å². The highest BCUT2D eigenvalue weighted by atomic mass is 16.2. The van der Waals surface area contributed by atoms with Crippen molar-refractivity contribution in [3.05, 3.63) is 35.4 Å². The first-order valence-corrected chi connectivity index (χ1v) is 5.12. The number of carbonyl (C=O) groups excluding carboxylic acids is 1. The average molecular weight is 231 g/mol. The molecule has 0 radical (unpaired) electrons. The maximum atomic E-state index is 11.8. The number of amides is 1. The van der Waals surface area contributed by atoms with Gasteiger partial charge in [-0.1, -0.05) is 0 Å². The number of aromatic amines is 1. The van der Waals surface area contributed by atoms with Crippen molar-refractivity contribution in [2.75, 3.05) is 11.1 Å². The number of rotatable bonds is 2. The van der Waals surface area contributed by atoms with Crippen LogP contribution in [0.3, 0.4) is 0 Å². The summed E-state index contributed by atoms with van der Waals surface area (Å²) in [7, 11) is 0. The van der Waals surface area contributed by atoms with E-state index in [4.69, 9.17) is 5.73 Å². The Labute approximate surface area is 98.3 Å². The van der Waals surface area contributed by atoms with E-state index in [-0.39, 0.29) is 5.91 Å². The summed E-state index contributed by atoms with van der Waals surface area (Å²) in [6.45, 7) is 3.69. The van der Waals surface area contributed by atoms with E-state index in [1.807, 2.05) is 19.9 Å². The van der Waals surface area contributed by atoms with Crippen LogP contribution in [0.5, 0.6) is 0 Å². The van der Waals surface area contributed by atoms with Gasteiger partial charge in [0.25, 0.3) is 5.91 Å². The fourth-order valence-electron chi connectivity index (χ4n) is 1.49. The molecule has 17 heavy (non-hydrogen) atoms. The second kappa shape index (κ2) is 4.25. The van der Waals surface area contributed by atoms with Gasteiger partial charge in [0.2, 0.25) is 5.95 Å². The fraction of sp³-hybridized carbons (Fsp3) is 0.182. The Balaban J connectivity index is 2.18. The van der Waals surface area contributed by atoms with Gasteiger partial charge < -0.3 is 10.7 Å². The topological polar surface area (TPSA) is 96.7 Å². The van der Waals surface area contributed by atoms with E-state index in [9.17, 15) is 4.79 Å². The van der Waals surface area contributed by atoms with Gasteiger partial charge in [0.15, 0.2) is 0 Å². The Morgan fingerprint density at radius 3 is 2.47 bits per heavy atom. The lowest BCUT2D eigenvalue weighted by atomic mass is 10.3. The van der Waals surface area contributed by atoms with Crippen LogP contribution in [0.1, 0.15) is 21.9 Å². The molecule has 2 heterocycles. The van der Waals surface area contributed by atoms with Crippen molar-refractivity contribution in [3.8, 4) is 0 Å². The van der Waals surface area contributed by atoms with Gasteiger partial charge in [-0.05, 0) is 26.0 Å². The summed E-state index contributed by atoms with van der Waals surface area (Å²) in [5.74, 6) is -0.0210. The molecule has 6 nitrogen and oxygen atoms in total. The molecule has 0 aliphatic rings. The molecule has 88 valence electrons. The normalized spacial score (nSPS) is 10.2. The van der Waals surface area contributed by atoms with E-state index < -0.39 is 0 Å². The number of nitrogens with two attached hydrogens (primary N) is 1. The Kier molecular flexibility index (Phi) is 2.78. The molecule has 1 amide bonds. The van der Waals surface area contributed by atoms with Gasteiger partial charge in [-0.25, -0.2) is 9.97 Å². The van der Waals surface area contributed by atoms with Crippen molar-refractivity contribution in [1.29, 1.82) is 0 Å². The number of aryl methyl sites for hydroxylation is 2. The van der Waals surface area contributed by atoms with Crippen molar-refractivity contribution in [3.63, 3.8) is 0 Å². The predicted molar refractivity (Wildman–Crippen MR) is 64.7 cm³/mol. The molecule has 2 aromatic heterocycles. The number of nitrogens with zero attached hydrogens (tertiary/aromatic N) is 2. The highest BCUT2D eigenvalue weighted by molar-refractivity contribution is 6.02. The van der Waals surface area contributed by atoms with Gasteiger partial charge in [-0.3, -0.25) is 10.1 Å². The molecular weight excluding hydrogens is 218 g/mol. The van der Waals surface area contributed by atoms with Gasteiger partial charge in [0.1, 0.15) is 5.69 Å². The zero-order valence-corrected chi connectivity index (χ0v) is 9.61. The lowest BCUT2D eigenvalue weighted by molar-refractivity contribution is 0.102. The van der Waals surface area contributed by atoms with Gasteiger partial charge in [0.05, 0.1) is 0 Å². The number of H-pyrrole nitrogens is 1. The van der Waals surface area contributed by atoms with Gasteiger partial charge in [-0.15, -0.1) is 0 Å². The maximum Gasteiger partial charge on any atom is 0.274 e. The molecule has 0 saturated carbocycles. The van der Waals surface area contributed by atoms with E-state index in [0.717, 1.165) is 11.4 Å². The lowest BCUT2D eigenvalue weighted by Crippen LogP contribution is -2.15. The van der Waals surface area contributed by atoms with E-state index in [1.54, 1.807) is 12.3 Å². The molecule has 4 N–H and O–H groups in total. The SMILES string of the molecule is Cc1cc(C)nc(NC(=O)c2cc(N)c[nH]2)n1. The molecule has 0 saturated heterocycles. The minimum absolute atomic E-state index is 0.292. The van der Waals surface area contributed by atoms with Crippen LogP contribution in [-0.2, 0) is 0 Å². The molecule has 2 rings (SSSR count). The first kappa shape index (κ1) is 11.1. The quantitative estimate of drug-likeness (QED) is 0.724. The van der Waals surface area contributed by atoms with E-state index in [0.29, 0.717) is 17.3 Å². The molecule has 0 fully saturated rings. The summed E-state index contributed by atoms with van der Waals surface area (Å²) >= 11 is 0. The van der Waals surface area contributed by atoms with Crippen molar-refractivity contribution in [1.82, 2.24) is 15.0 Å². The van der Waals surface area contributed by atoms with Crippen LogP contribution in [-0.4, -0.2) is 20.9 Å². The van der Waals surface area contributed by atoms with Crippen LogP contribution in [0, 0.1) is 13.8 Å². The molecular formula is C11H13N5O. The Hall–Kier alpha value is -2.37. The molecule has 0 aliphatic heterocycles. The highest BCUT2D eigenvalue weighted by Crippen LogP contribution is 2.08. The number of nitrogen functional groups attached to an aromatic ring is 1. The zero-order valence-electron chi connectivity index (χ0n) is 9.61. The molecule has 2 aromatic rings. The molecule has 0 spiro atoms. The summed E-state index contributed by atoms with van der Waals surface area (Å²) in [6, 6.07) is 3.39. The molecule has 6 heteroatoms. The predicted octanol–water partition coefficient (Wildman–Crippen LogP) is 1.26. The van der Waals surface area contributed by atoms with Crippen LogP contribution in [0.2, 0.25) is 0 Å². The zero-order chi connectivity index (χ0) is 12.4. The van der Waals surface area contributed by atoms with Crippen molar-refractivity contribution >= 4 is 17.5 Å². The summed E-state index contributed by atoms with van der Waals surface area (Å²) in [6.07, 6.45) is 1.55. The van der Waals surface area contributed by atoms with Gasteiger partial charge in [0, 0.05) is 23.3 Å². The Morgan fingerprint density at radius 1 is 1.29 bits per heavy atom. The average Bonchev–Trinajstić information content (AvgIpc) is 2.63. The Bertz CT molecular complexity index is 540. The highest BCUT2D eigenvalue weighted by Gasteiger charge is 2.09. The molecule has 0 unspecified atom stereocenters. The monoisotopic (exact) mass is 231 g/mol. The maximum absolute atomic E-state index is 11.8. The summed E-state index contributed by atoms with van der Waals surface area (Å²) < 4.78 is 0. The largest absolute Gasteiger partial charge is 0.397 e. The second-order valence-electron chi connectivity index (χ2n) is 3.78. The third kappa shape index (κ3) is 2.60. The van der Waals surface area contributed by atoms with Crippen LogP contribution < -0.4 is 11.1 Å². The van der Waals surface area contributed by atoms with E-state index >= 15 is 0 Å². The van der Waals surface area contributed by atoms with Gasteiger partial charge in [-0.2, -0.15) is 0 Å². The minimum Gasteiger partial charge on any atom is -0.397 e. The molecule has 0 aliphatic carbocycles. The Morgan fingerprint density at radius 2 is 1.94 bits per heavy atom. The summed E-state index contributed by atoms with van der Waals surface area (Å²) in [5, 5.41) is 2.61. The molecule has 0 bridgehead atoms. The molecule has 0 aromatic carbocycles. The third-order valence-corrected chi connectivity index (χ3v) is 2.16. The van der Waals surface area contributed by atoms with Gasteiger partial charge >= 0.3 is 0 Å². The first-order valence-electron chi connectivity index (χ1n) is 5.12. The van der Waals surface area contributed by atoms with Crippen molar-refractivity contribution in [2.45, 2.75) is 13.8 Å². The summed E-state index contributed by atoms with van der Waals surface area (Å²) in [4.78, 5) is 22.8. The minimum atomic E-state index is -0.313. The van der Waals surface area contributed by atoms with E-state index in [1.165, 1.54) is 0 Å². The number of nitrogens with one attached hydrogen (secondary N) is 2. The van der Waals surface area contributed by atoms with Crippen LogP contribution >= 0.6 is 0 Å². The fourth-order valence-corrected chi connectivity index (χ4v) is 1.49. The van der Waals surface area contributed by atoms with Crippen molar-refractivity contribution in [2.24, 2.45) is 0 Å². The number of hydrogen-bond acceptors (Lipinski definition) is 4. The standard InChI is InChI=1S/C11H13N5O/c1-6-3-7(2)15-11(14-6)16-10(17)9-4-8(12)5-13-9/h3-5,13H,12H2,1-2H3,(H,14,15,16,17).